The molecule has 6 heteroatoms. The van der Waals surface area contributed by atoms with E-state index in [1.807, 2.05) is 19.2 Å². The minimum atomic E-state index is 0. The van der Waals surface area contributed by atoms with E-state index in [1.165, 1.54) is 18.4 Å². The summed E-state index contributed by atoms with van der Waals surface area (Å²) >= 11 is 0. The maximum atomic E-state index is 5.75. The molecule has 136 valence electrons. The largest absolute Gasteiger partial charge is 0.492 e. The Morgan fingerprint density at radius 1 is 1.25 bits per heavy atom. The average molecular weight is 447 g/mol. The van der Waals surface area contributed by atoms with Gasteiger partial charge >= 0.3 is 0 Å². The first-order valence-corrected chi connectivity index (χ1v) is 8.38. The summed E-state index contributed by atoms with van der Waals surface area (Å²) in [7, 11) is 3.81. The molecule has 0 aliphatic heterocycles. The minimum Gasteiger partial charge on any atom is -0.492 e. The molecule has 0 spiro atoms. The first-order chi connectivity index (χ1) is 11.2. The Labute approximate surface area is 162 Å². The molecule has 0 unspecified atom stereocenters. The lowest BCUT2D eigenvalue weighted by atomic mass is 10.2. The lowest BCUT2D eigenvalue weighted by Gasteiger charge is -2.22. The molecule has 1 saturated carbocycles. The van der Waals surface area contributed by atoms with E-state index in [4.69, 9.17) is 9.47 Å². The highest BCUT2D eigenvalue weighted by atomic mass is 127. The number of likely N-dealkylation sites (N-methyl/N-ethyl adjacent to an activating group) is 1. The highest BCUT2D eigenvalue weighted by Gasteiger charge is 2.20. The summed E-state index contributed by atoms with van der Waals surface area (Å²) in [5, 5.41) is 3.31. The molecular formula is C18H30IN3O2. The van der Waals surface area contributed by atoms with Gasteiger partial charge in [0, 0.05) is 27.2 Å². The number of rotatable bonds is 9. The molecule has 1 aromatic carbocycles. The van der Waals surface area contributed by atoms with Gasteiger partial charge in [-0.15, -0.1) is 24.0 Å². The summed E-state index contributed by atoms with van der Waals surface area (Å²) in [6.45, 7) is 5.88. The van der Waals surface area contributed by atoms with E-state index in [-0.39, 0.29) is 24.0 Å². The summed E-state index contributed by atoms with van der Waals surface area (Å²) < 4.78 is 11.4. The van der Waals surface area contributed by atoms with Crippen LogP contribution < -0.4 is 10.1 Å². The fourth-order valence-corrected chi connectivity index (χ4v) is 2.20. The second kappa shape index (κ2) is 11.5. The van der Waals surface area contributed by atoms with E-state index in [0.29, 0.717) is 6.61 Å². The number of hydrogen-bond donors (Lipinski definition) is 1. The number of nitrogens with zero attached hydrogens (tertiary/aromatic N) is 2. The lowest BCUT2D eigenvalue weighted by molar-refractivity contribution is 0.128. The Balaban J connectivity index is 0.00000288. The van der Waals surface area contributed by atoms with Crippen molar-refractivity contribution in [2.24, 2.45) is 10.9 Å². The monoisotopic (exact) mass is 447 g/mol. The normalized spacial score (nSPS) is 14.0. The van der Waals surface area contributed by atoms with Gasteiger partial charge in [-0.1, -0.05) is 17.7 Å². The van der Waals surface area contributed by atoms with Gasteiger partial charge in [0.1, 0.15) is 12.4 Å². The van der Waals surface area contributed by atoms with E-state index >= 15 is 0 Å². The number of nitrogens with one attached hydrogen (secondary N) is 1. The smallest absolute Gasteiger partial charge is 0.193 e. The average Bonchev–Trinajstić information content (AvgIpc) is 3.37. The fraction of sp³-hybridized carbons (Fsp3) is 0.611. The van der Waals surface area contributed by atoms with Gasteiger partial charge in [-0.2, -0.15) is 0 Å². The van der Waals surface area contributed by atoms with Crippen LogP contribution in [-0.2, 0) is 4.74 Å². The Kier molecular flexibility index (Phi) is 10.1. The molecular weight excluding hydrogens is 417 g/mol. The van der Waals surface area contributed by atoms with Gasteiger partial charge in [0.25, 0.3) is 0 Å². The van der Waals surface area contributed by atoms with Crippen LogP contribution in [0.3, 0.4) is 0 Å². The van der Waals surface area contributed by atoms with Crippen molar-refractivity contribution in [1.82, 2.24) is 10.2 Å². The summed E-state index contributed by atoms with van der Waals surface area (Å²) in [6.07, 6.45) is 2.66. The van der Waals surface area contributed by atoms with Crippen molar-refractivity contribution >= 4 is 29.9 Å². The third kappa shape index (κ3) is 8.19. The van der Waals surface area contributed by atoms with Crippen molar-refractivity contribution in [2.75, 3.05) is 47.0 Å². The quantitative estimate of drug-likeness (QED) is 0.274. The van der Waals surface area contributed by atoms with Crippen LogP contribution in [0.4, 0.5) is 0 Å². The number of benzene rings is 1. The molecule has 1 N–H and O–H groups in total. The summed E-state index contributed by atoms with van der Waals surface area (Å²) in [4.78, 5) is 6.36. The molecule has 24 heavy (non-hydrogen) atoms. The van der Waals surface area contributed by atoms with Crippen molar-refractivity contribution in [1.29, 1.82) is 0 Å². The number of ether oxygens (including phenoxy) is 2. The number of guanidine groups is 1. The topological polar surface area (TPSA) is 46.1 Å². The van der Waals surface area contributed by atoms with E-state index in [1.54, 1.807) is 7.05 Å². The van der Waals surface area contributed by atoms with Crippen molar-refractivity contribution in [2.45, 2.75) is 19.8 Å². The molecule has 1 aromatic rings. The molecule has 0 saturated heterocycles. The zero-order valence-electron chi connectivity index (χ0n) is 15.0. The van der Waals surface area contributed by atoms with Crippen LogP contribution in [0.15, 0.2) is 29.3 Å². The van der Waals surface area contributed by atoms with Crippen LogP contribution in [0, 0.1) is 12.8 Å². The Morgan fingerprint density at radius 3 is 2.58 bits per heavy atom. The molecule has 0 atom stereocenters. The molecule has 0 bridgehead atoms. The van der Waals surface area contributed by atoms with Gasteiger partial charge < -0.3 is 19.7 Å². The van der Waals surface area contributed by atoms with Crippen LogP contribution in [0.5, 0.6) is 5.75 Å². The Hall–Kier alpha value is -1.02. The minimum absolute atomic E-state index is 0. The van der Waals surface area contributed by atoms with Crippen LogP contribution in [0.2, 0.25) is 0 Å². The van der Waals surface area contributed by atoms with Gasteiger partial charge in [-0.25, -0.2) is 0 Å². The highest BCUT2D eigenvalue weighted by Crippen LogP contribution is 2.28. The van der Waals surface area contributed by atoms with Gasteiger partial charge in [0.2, 0.25) is 0 Å². The predicted molar refractivity (Wildman–Crippen MR) is 110 cm³/mol. The van der Waals surface area contributed by atoms with Crippen molar-refractivity contribution in [3.8, 4) is 5.75 Å². The van der Waals surface area contributed by atoms with E-state index in [2.05, 4.69) is 34.3 Å². The third-order valence-electron chi connectivity index (χ3n) is 3.87. The molecule has 0 heterocycles. The molecule has 0 aromatic heterocycles. The molecule has 1 fully saturated rings. The SMILES string of the molecule is CN=C(NCCOCC1CC1)N(C)CCOc1ccc(C)cc1.I. The van der Waals surface area contributed by atoms with Crippen molar-refractivity contribution in [3.63, 3.8) is 0 Å². The maximum absolute atomic E-state index is 5.75. The van der Waals surface area contributed by atoms with Gasteiger partial charge in [0.05, 0.1) is 13.2 Å². The van der Waals surface area contributed by atoms with E-state index in [0.717, 1.165) is 43.9 Å². The lowest BCUT2D eigenvalue weighted by Crippen LogP contribution is -2.42. The van der Waals surface area contributed by atoms with Gasteiger partial charge in [0.15, 0.2) is 5.96 Å². The van der Waals surface area contributed by atoms with Crippen LogP contribution in [0.1, 0.15) is 18.4 Å². The number of aryl methyl sites for hydroxylation is 1. The molecule has 0 radical (unpaired) electrons. The molecule has 0 amide bonds. The number of aliphatic imine (C=N–C) groups is 1. The van der Waals surface area contributed by atoms with Crippen LogP contribution in [-0.4, -0.2) is 57.9 Å². The zero-order valence-corrected chi connectivity index (χ0v) is 17.3. The fourth-order valence-electron chi connectivity index (χ4n) is 2.20. The first kappa shape index (κ1) is 21.0. The van der Waals surface area contributed by atoms with Crippen molar-refractivity contribution < 1.29 is 9.47 Å². The summed E-state index contributed by atoms with van der Waals surface area (Å²) in [5.41, 5.74) is 1.24. The maximum Gasteiger partial charge on any atom is 0.193 e. The molecule has 5 nitrogen and oxygen atoms in total. The zero-order chi connectivity index (χ0) is 16.5. The van der Waals surface area contributed by atoms with Crippen molar-refractivity contribution in [3.05, 3.63) is 29.8 Å². The van der Waals surface area contributed by atoms with Gasteiger partial charge in [-0.05, 0) is 37.8 Å². The predicted octanol–water partition coefficient (Wildman–Crippen LogP) is 2.93. The van der Waals surface area contributed by atoms with Crippen LogP contribution in [0.25, 0.3) is 0 Å². The van der Waals surface area contributed by atoms with Crippen LogP contribution >= 0.6 is 24.0 Å². The Bertz CT molecular complexity index is 490. The number of halogens is 1. The Morgan fingerprint density at radius 2 is 1.96 bits per heavy atom. The van der Waals surface area contributed by atoms with E-state index < -0.39 is 0 Å². The second-order valence-electron chi connectivity index (χ2n) is 6.08. The third-order valence-corrected chi connectivity index (χ3v) is 3.87. The summed E-state index contributed by atoms with van der Waals surface area (Å²) in [5.74, 6) is 2.59. The first-order valence-electron chi connectivity index (χ1n) is 8.38. The molecule has 2 rings (SSSR count). The standard InChI is InChI=1S/C18H29N3O2.HI/c1-15-4-8-17(9-5-15)23-13-11-21(3)18(19-2)20-10-12-22-14-16-6-7-16;/h4-5,8-9,16H,6-7,10-14H2,1-3H3,(H,19,20);1H. The van der Waals surface area contributed by atoms with E-state index in [9.17, 15) is 0 Å². The molecule has 1 aliphatic rings. The van der Waals surface area contributed by atoms with Gasteiger partial charge in [-0.3, -0.25) is 4.99 Å². The highest BCUT2D eigenvalue weighted by molar-refractivity contribution is 14.0. The second-order valence-corrected chi connectivity index (χ2v) is 6.08. The number of hydrogen-bond acceptors (Lipinski definition) is 3. The summed E-state index contributed by atoms with van der Waals surface area (Å²) in [6, 6.07) is 8.11. The molecule has 1 aliphatic carbocycles.